The Labute approximate surface area is 84.6 Å². The number of rotatable bonds is 4. The molecule has 1 rings (SSSR count). The van der Waals surface area contributed by atoms with Gasteiger partial charge in [-0.15, -0.1) is 0 Å². The van der Waals surface area contributed by atoms with E-state index >= 15 is 0 Å². The van der Waals surface area contributed by atoms with Gasteiger partial charge in [-0.3, -0.25) is 0 Å². The summed E-state index contributed by atoms with van der Waals surface area (Å²) in [5, 5.41) is 3.44. The highest BCUT2D eigenvalue weighted by molar-refractivity contribution is 5.79. The van der Waals surface area contributed by atoms with E-state index in [9.17, 15) is 0 Å². The smallest absolute Gasteiger partial charge is 0.119 e. The third-order valence-electron chi connectivity index (χ3n) is 1.69. The number of benzene rings is 1. The first-order chi connectivity index (χ1) is 6.72. The third-order valence-corrected chi connectivity index (χ3v) is 1.69. The molecule has 0 aromatic heterocycles. The Morgan fingerprint density at radius 1 is 1.36 bits per heavy atom. The van der Waals surface area contributed by atoms with Crippen LogP contribution in [0.2, 0.25) is 0 Å². The van der Waals surface area contributed by atoms with Crippen molar-refractivity contribution in [2.24, 2.45) is 16.9 Å². The lowest BCUT2D eigenvalue weighted by atomic mass is 10.2. The molecule has 1 aromatic rings. The van der Waals surface area contributed by atoms with Crippen molar-refractivity contribution in [1.29, 1.82) is 0 Å². The highest BCUT2D eigenvalue weighted by atomic mass is 16.5. The van der Waals surface area contributed by atoms with Crippen LogP contribution in [-0.2, 0) is 0 Å². The van der Waals surface area contributed by atoms with Gasteiger partial charge < -0.3 is 10.6 Å². The number of nitrogens with zero attached hydrogens (tertiary/aromatic N) is 1. The number of hydrogen-bond donors (Lipinski definition) is 1. The second-order valence-corrected chi connectivity index (χ2v) is 3.55. The molecule has 0 atom stereocenters. The van der Waals surface area contributed by atoms with E-state index < -0.39 is 0 Å². The Morgan fingerprint density at radius 3 is 2.50 bits per heavy atom. The van der Waals surface area contributed by atoms with Crippen molar-refractivity contribution in [3.8, 4) is 5.75 Å². The summed E-state index contributed by atoms with van der Waals surface area (Å²) in [5.41, 5.74) is 0.976. The molecule has 3 nitrogen and oxygen atoms in total. The highest BCUT2D eigenvalue weighted by Gasteiger charge is 1.96. The number of nitrogens with two attached hydrogens (primary N) is 1. The van der Waals surface area contributed by atoms with E-state index in [4.69, 9.17) is 10.6 Å². The lowest BCUT2D eigenvalue weighted by molar-refractivity contribution is 0.271. The Hall–Kier alpha value is -1.51. The standard InChI is InChI=1S/C11H16N2O/c1-9(2)8-14-11-5-3-10(4-6-11)7-13-12/h3-7,9H,8,12H2,1-2H3. The molecule has 0 unspecified atom stereocenters. The Kier molecular flexibility index (Phi) is 3.98. The van der Waals surface area contributed by atoms with E-state index in [1.54, 1.807) is 6.21 Å². The molecule has 14 heavy (non-hydrogen) atoms. The molecule has 0 saturated carbocycles. The lowest BCUT2D eigenvalue weighted by Crippen LogP contribution is -2.04. The van der Waals surface area contributed by atoms with E-state index in [-0.39, 0.29) is 0 Å². The van der Waals surface area contributed by atoms with Gasteiger partial charge in [0.05, 0.1) is 12.8 Å². The normalized spacial score (nSPS) is 11.1. The van der Waals surface area contributed by atoms with Crippen molar-refractivity contribution in [3.05, 3.63) is 29.8 Å². The summed E-state index contributed by atoms with van der Waals surface area (Å²) < 4.78 is 5.52. The van der Waals surface area contributed by atoms with E-state index in [0.29, 0.717) is 5.92 Å². The maximum atomic E-state index is 5.52. The molecule has 0 bridgehead atoms. The quantitative estimate of drug-likeness (QED) is 0.450. The number of hydrogen-bond acceptors (Lipinski definition) is 3. The van der Waals surface area contributed by atoms with Crippen LogP contribution in [0.3, 0.4) is 0 Å². The van der Waals surface area contributed by atoms with E-state index in [0.717, 1.165) is 17.9 Å². The summed E-state index contributed by atoms with van der Waals surface area (Å²) in [5.74, 6) is 6.46. The second kappa shape index (κ2) is 5.27. The average molecular weight is 192 g/mol. The van der Waals surface area contributed by atoms with Crippen LogP contribution in [0, 0.1) is 5.92 Å². The zero-order chi connectivity index (χ0) is 10.4. The van der Waals surface area contributed by atoms with Crippen LogP contribution >= 0.6 is 0 Å². The predicted octanol–water partition coefficient (Wildman–Crippen LogP) is 2.01. The second-order valence-electron chi connectivity index (χ2n) is 3.55. The summed E-state index contributed by atoms with van der Waals surface area (Å²) in [7, 11) is 0. The van der Waals surface area contributed by atoms with Gasteiger partial charge in [-0.1, -0.05) is 13.8 Å². The maximum absolute atomic E-state index is 5.52. The molecule has 3 heteroatoms. The SMILES string of the molecule is CC(C)COc1ccc(C=NN)cc1. The Morgan fingerprint density at radius 2 is 2.00 bits per heavy atom. The number of ether oxygens (including phenoxy) is 1. The molecule has 0 fully saturated rings. The molecular formula is C11H16N2O. The first kappa shape index (κ1) is 10.6. The molecule has 1 aromatic carbocycles. The Bertz CT molecular complexity index is 291. The van der Waals surface area contributed by atoms with E-state index in [2.05, 4.69) is 18.9 Å². The molecule has 0 radical (unpaired) electrons. The van der Waals surface area contributed by atoms with Gasteiger partial charge in [-0.25, -0.2) is 0 Å². The largest absolute Gasteiger partial charge is 0.493 e. The fourth-order valence-electron chi connectivity index (χ4n) is 0.999. The van der Waals surface area contributed by atoms with Crippen molar-refractivity contribution >= 4 is 6.21 Å². The zero-order valence-electron chi connectivity index (χ0n) is 8.60. The van der Waals surface area contributed by atoms with Crippen molar-refractivity contribution in [2.45, 2.75) is 13.8 Å². The van der Waals surface area contributed by atoms with Crippen LogP contribution in [0.15, 0.2) is 29.4 Å². The average Bonchev–Trinajstić information content (AvgIpc) is 2.17. The van der Waals surface area contributed by atoms with Gasteiger partial charge in [0.15, 0.2) is 0 Å². The molecule has 76 valence electrons. The van der Waals surface area contributed by atoms with E-state index in [1.165, 1.54) is 0 Å². The maximum Gasteiger partial charge on any atom is 0.119 e. The lowest BCUT2D eigenvalue weighted by Gasteiger charge is -2.08. The fraction of sp³-hybridized carbons (Fsp3) is 0.364. The first-order valence-corrected chi connectivity index (χ1v) is 4.68. The predicted molar refractivity (Wildman–Crippen MR) is 58.6 cm³/mol. The summed E-state index contributed by atoms with van der Waals surface area (Å²) in [6, 6.07) is 7.68. The van der Waals surface area contributed by atoms with Gasteiger partial charge in [0, 0.05) is 0 Å². The van der Waals surface area contributed by atoms with Gasteiger partial charge in [-0.2, -0.15) is 5.10 Å². The van der Waals surface area contributed by atoms with Crippen molar-refractivity contribution in [3.63, 3.8) is 0 Å². The summed E-state index contributed by atoms with van der Waals surface area (Å²) >= 11 is 0. The summed E-state index contributed by atoms with van der Waals surface area (Å²) in [4.78, 5) is 0. The highest BCUT2D eigenvalue weighted by Crippen LogP contribution is 2.12. The zero-order valence-corrected chi connectivity index (χ0v) is 8.60. The van der Waals surface area contributed by atoms with Crippen LogP contribution in [0.4, 0.5) is 0 Å². The minimum Gasteiger partial charge on any atom is -0.493 e. The first-order valence-electron chi connectivity index (χ1n) is 4.68. The summed E-state index contributed by atoms with van der Waals surface area (Å²) in [6.07, 6.45) is 1.60. The van der Waals surface area contributed by atoms with Crippen LogP contribution in [0.5, 0.6) is 5.75 Å². The van der Waals surface area contributed by atoms with Crippen LogP contribution < -0.4 is 10.6 Å². The van der Waals surface area contributed by atoms with Gasteiger partial charge in [-0.05, 0) is 35.7 Å². The molecule has 0 aliphatic carbocycles. The number of hydrazone groups is 1. The minimum atomic E-state index is 0.542. The van der Waals surface area contributed by atoms with Crippen LogP contribution in [0.25, 0.3) is 0 Å². The fourth-order valence-corrected chi connectivity index (χ4v) is 0.999. The van der Waals surface area contributed by atoms with Crippen LogP contribution in [-0.4, -0.2) is 12.8 Å². The minimum absolute atomic E-state index is 0.542. The molecule has 0 saturated heterocycles. The molecule has 2 N–H and O–H groups in total. The van der Waals surface area contributed by atoms with Gasteiger partial charge in [0.2, 0.25) is 0 Å². The van der Waals surface area contributed by atoms with Gasteiger partial charge in [0.25, 0.3) is 0 Å². The Balaban J connectivity index is 2.55. The molecule has 0 aliphatic rings. The molecular weight excluding hydrogens is 176 g/mol. The molecule has 0 amide bonds. The molecule has 0 heterocycles. The van der Waals surface area contributed by atoms with Crippen LogP contribution in [0.1, 0.15) is 19.4 Å². The van der Waals surface area contributed by atoms with Gasteiger partial charge in [0.1, 0.15) is 5.75 Å². The van der Waals surface area contributed by atoms with Crippen molar-refractivity contribution in [2.75, 3.05) is 6.61 Å². The van der Waals surface area contributed by atoms with Gasteiger partial charge >= 0.3 is 0 Å². The monoisotopic (exact) mass is 192 g/mol. The third kappa shape index (κ3) is 3.47. The topological polar surface area (TPSA) is 47.6 Å². The molecule has 0 aliphatic heterocycles. The van der Waals surface area contributed by atoms with E-state index in [1.807, 2.05) is 24.3 Å². The summed E-state index contributed by atoms with van der Waals surface area (Å²) in [6.45, 7) is 4.98. The van der Waals surface area contributed by atoms with Crippen molar-refractivity contribution in [1.82, 2.24) is 0 Å². The van der Waals surface area contributed by atoms with Crippen molar-refractivity contribution < 1.29 is 4.74 Å². The molecule has 0 spiro atoms.